The van der Waals surface area contributed by atoms with Crippen LogP contribution in [0.3, 0.4) is 0 Å². The Kier molecular flexibility index (Phi) is 2.78. The highest BCUT2D eigenvalue weighted by molar-refractivity contribution is 6.03. The van der Waals surface area contributed by atoms with Gasteiger partial charge in [-0.2, -0.15) is 0 Å². The summed E-state index contributed by atoms with van der Waals surface area (Å²) in [6.07, 6.45) is 1.37. The lowest BCUT2D eigenvalue weighted by atomic mass is 10.2. The minimum absolute atomic E-state index is 0.0321. The number of nitrogens with zero attached hydrogens (tertiary/aromatic N) is 1. The number of hydrogen-bond acceptors (Lipinski definition) is 4. The molecule has 0 radical (unpaired) electrons. The molecule has 6 nitrogen and oxygen atoms in total. The summed E-state index contributed by atoms with van der Waals surface area (Å²) in [6, 6.07) is 2.93. The van der Waals surface area contributed by atoms with Gasteiger partial charge < -0.3 is 9.51 Å². The van der Waals surface area contributed by atoms with Crippen molar-refractivity contribution >= 4 is 11.8 Å². The molecule has 0 saturated heterocycles. The third-order valence-corrected chi connectivity index (χ3v) is 2.17. The van der Waals surface area contributed by atoms with Gasteiger partial charge in [0.1, 0.15) is 5.56 Å². The highest BCUT2D eigenvalue weighted by atomic mass is 16.5. The molecule has 0 unspecified atom stereocenters. The van der Waals surface area contributed by atoms with E-state index in [1.54, 1.807) is 19.9 Å². The fraction of sp³-hybridized carbons (Fsp3) is 0.182. The average molecular weight is 233 g/mol. The van der Waals surface area contributed by atoms with Crippen molar-refractivity contribution in [1.29, 1.82) is 0 Å². The fourth-order valence-electron chi connectivity index (χ4n) is 1.35. The molecule has 0 spiro atoms. The molecule has 2 aromatic heterocycles. The number of pyridine rings is 1. The van der Waals surface area contributed by atoms with Crippen molar-refractivity contribution in [2.24, 2.45) is 0 Å². The van der Waals surface area contributed by atoms with Crippen molar-refractivity contribution in [2.45, 2.75) is 13.8 Å². The van der Waals surface area contributed by atoms with E-state index in [1.165, 1.54) is 12.3 Å². The van der Waals surface area contributed by atoms with Gasteiger partial charge in [-0.15, -0.1) is 0 Å². The molecule has 6 heteroatoms. The Morgan fingerprint density at radius 2 is 2.18 bits per heavy atom. The molecule has 88 valence electrons. The van der Waals surface area contributed by atoms with Crippen LogP contribution in [0.2, 0.25) is 0 Å². The summed E-state index contributed by atoms with van der Waals surface area (Å²) in [5.41, 5.74) is 1.04. The summed E-state index contributed by atoms with van der Waals surface area (Å²) in [7, 11) is 0. The largest absolute Gasteiger partial charge is 0.364 e. The highest BCUT2D eigenvalue weighted by Crippen LogP contribution is 2.09. The van der Waals surface area contributed by atoms with Crippen molar-refractivity contribution < 1.29 is 9.32 Å². The Balaban J connectivity index is 2.23. The Hall–Kier alpha value is -2.37. The molecule has 2 N–H and O–H groups in total. The van der Waals surface area contributed by atoms with Crippen molar-refractivity contribution in [1.82, 2.24) is 10.1 Å². The summed E-state index contributed by atoms with van der Waals surface area (Å²) >= 11 is 0. The minimum Gasteiger partial charge on any atom is -0.364 e. The van der Waals surface area contributed by atoms with E-state index in [1.807, 2.05) is 0 Å². The lowest BCUT2D eigenvalue weighted by Gasteiger charge is -2.00. The van der Waals surface area contributed by atoms with Crippen LogP contribution in [0, 0.1) is 13.8 Å². The number of rotatable bonds is 2. The molecule has 0 fully saturated rings. The fourth-order valence-corrected chi connectivity index (χ4v) is 1.35. The second-order valence-electron chi connectivity index (χ2n) is 3.68. The van der Waals surface area contributed by atoms with Gasteiger partial charge in [0, 0.05) is 24.0 Å². The maximum atomic E-state index is 11.7. The van der Waals surface area contributed by atoms with Crippen LogP contribution < -0.4 is 10.7 Å². The van der Waals surface area contributed by atoms with Gasteiger partial charge in [0.25, 0.3) is 5.91 Å². The smallest absolute Gasteiger partial charge is 0.263 e. The number of aromatic nitrogens is 2. The normalized spacial score (nSPS) is 10.2. The average Bonchev–Trinajstić information content (AvgIpc) is 2.63. The number of carbonyl (C=O) groups excluding carboxylic acids is 1. The Morgan fingerprint density at radius 3 is 2.76 bits per heavy atom. The van der Waals surface area contributed by atoms with E-state index in [4.69, 9.17) is 4.52 Å². The van der Waals surface area contributed by atoms with Gasteiger partial charge in [0.15, 0.2) is 5.43 Å². The molecular weight excluding hydrogens is 222 g/mol. The first-order valence-electron chi connectivity index (χ1n) is 5.00. The zero-order chi connectivity index (χ0) is 12.4. The first kappa shape index (κ1) is 11.1. The van der Waals surface area contributed by atoms with Crippen LogP contribution in [0.4, 0.5) is 5.88 Å². The van der Waals surface area contributed by atoms with Gasteiger partial charge in [-0.3, -0.25) is 14.9 Å². The van der Waals surface area contributed by atoms with Gasteiger partial charge >= 0.3 is 0 Å². The molecule has 2 heterocycles. The summed E-state index contributed by atoms with van der Waals surface area (Å²) in [5.74, 6) is -0.310. The number of carbonyl (C=O) groups is 1. The van der Waals surface area contributed by atoms with Crippen LogP contribution >= 0.6 is 0 Å². The first-order chi connectivity index (χ1) is 8.06. The predicted molar refractivity (Wildman–Crippen MR) is 61.0 cm³/mol. The maximum absolute atomic E-state index is 11.7. The van der Waals surface area contributed by atoms with E-state index in [2.05, 4.69) is 15.5 Å². The third-order valence-electron chi connectivity index (χ3n) is 2.17. The molecule has 0 aliphatic rings. The van der Waals surface area contributed by atoms with Crippen LogP contribution in [-0.4, -0.2) is 16.0 Å². The van der Waals surface area contributed by atoms with E-state index in [0.717, 1.165) is 0 Å². The Labute approximate surface area is 96.6 Å². The molecule has 0 saturated carbocycles. The minimum atomic E-state index is -0.526. The van der Waals surface area contributed by atoms with E-state index < -0.39 is 5.91 Å². The Bertz CT molecular complexity index is 612. The van der Waals surface area contributed by atoms with Gasteiger partial charge in [0.2, 0.25) is 5.88 Å². The van der Waals surface area contributed by atoms with Crippen LogP contribution in [0.25, 0.3) is 0 Å². The lowest BCUT2D eigenvalue weighted by Crippen LogP contribution is -2.21. The topological polar surface area (TPSA) is 88.0 Å². The quantitative estimate of drug-likeness (QED) is 0.816. The molecular formula is C11H11N3O3. The standard InChI is InChI=1S/C11H11N3O3/c1-6-3-9(15)8(5-12-6)11(16)13-10-4-7(2)14-17-10/h3-5H,1-2H3,(H,12,15)(H,13,16). The first-order valence-corrected chi connectivity index (χ1v) is 5.00. The number of hydrogen-bond donors (Lipinski definition) is 2. The number of aromatic amines is 1. The van der Waals surface area contributed by atoms with E-state index in [9.17, 15) is 9.59 Å². The number of anilines is 1. The van der Waals surface area contributed by atoms with E-state index in [-0.39, 0.29) is 16.9 Å². The molecule has 17 heavy (non-hydrogen) atoms. The number of aryl methyl sites for hydroxylation is 2. The van der Waals surface area contributed by atoms with Crippen LogP contribution in [0.5, 0.6) is 0 Å². The molecule has 0 atom stereocenters. The highest BCUT2D eigenvalue weighted by Gasteiger charge is 2.12. The third kappa shape index (κ3) is 2.41. The second kappa shape index (κ2) is 4.25. The van der Waals surface area contributed by atoms with Gasteiger partial charge in [-0.1, -0.05) is 5.16 Å². The molecule has 0 bridgehead atoms. The van der Waals surface area contributed by atoms with Crippen LogP contribution in [0.15, 0.2) is 27.6 Å². The van der Waals surface area contributed by atoms with Crippen molar-refractivity contribution in [3.63, 3.8) is 0 Å². The molecule has 0 aliphatic heterocycles. The summed E-state index contributed by atoms with van der Waals surface area (Å²) < 4.78 is 4.83. The molecule has 2 rings (SSSR count). The van der Waals surface area contributed by atoms with Crippen LogP contribution in [0.1, 0.15) is 21.7 Å². The van der Waals surface area contributed by atoms with Crippen molar-refractivity contribution in [3.8, 4) is 0 Å². The van der Waals surface area contributed by atoms with E-state index >= 15 is 0 Å². The van der Waals surface area contributed by atoms with Gasteiger partial charge in [0.05, 0.1) is 5.69 Å². The lowest BCUT2D eigenvalue weighted by molar-refractivity contribution is 0.102. The number of amides is 1. The zero-order valence-electron chi connectivity index (χ0n) is 9.40. The SMILES string of the molecule is Cc1cc(NC(=O)c2c[nH]c(C)cc2=O)on1. The van der Waals surface area contributed by atoms with Crippen molar-refractivity contribution in [3.05, 3.63) is 45.5 Å². The molecule has 2 aromatic rings. The number of H-pyrrole nitrogens is 1. The second-order valence-corrected chi connectivity index (χ2v) is 3.68. The monoisotopic (exact) mass is 233 g/mol. The van der Waals surface area contributed by atoms with Gasteiger partial charge in [-0.25, -0.2) is 0 Å². The summed E-state index contributed by atoms with van der Waals surface area (Å²) in [4.78, 5) is 26.1. The molecule has 0 aliphatic carbocycles. The maximum Gasteiger partial charge on any atom is 0.263 e. The number of nitrogens with one attached hydrogen (secondary N) is 2. The summed E-state index contributed by atoms with van der Waals surface area (Å²) in [6.45, 7) is 3.47. The summed E-state index contributed by atoms with van der Waals surface area (Å²) in [5, 5.41) is 6.08. The van der Waals surface area contributed by atoms with Gasteiger partial charge in [-0.05, 0) is 13.8 Å². The van der Waals surface area contributed by atoms with E-state index in [0.29, 0.717) is 11.4 Å². The predicted octanol–water partition coefficient (Wildman–Crippen LogP) is 1.23. The van der Waals surface area contributed by atoms with Crippen LogP contribution in [-0.2, 0) is 0 Å². The van der Waals surface area contributed by atoms with Crippen molar-refractivity contribution in [2.75, 3.05) is 5.32 Å². The molecule has 0 aromatic carbocycles. The Morgan fingerprint density at radius 1 is 1.41 bits per heavy atom. The zero-order valence-corrected chi connectivity index (χ0v) is 9.40. The molecule has 1 amide bonds.